The Bertz CT molecular complexity index is 471. The summed E-state index contributed by atoms with van der Waals surface area (Å²) in [6.07, 6.45) is 3.36. The molecule has 0 saturated carbocycles. The molecule has 86 valence electrons. The second-order valence-electron chi connectivity index (χ2n) is 4.34. The van der Waals surface area contributed by atoms with Gasteiger partial charge in [-0.05, 0) is 43.5 Å². The van der Waals surface area contributed by atoms with Crippen LogP contribution >= 0.6 is 0 Å². The highest BCUT2D eigenvalue weighted by Crippen LogP contribution is 2.21. The van der Waals surface area contributed by atoms with E-state index in [0.29, 0.717) is 6.04 Å². The summed E-state index contributed by atoms with van der Waals surface area (Å²) in [5.41, 5.74) is 2.70. The van der Waals surface area contributed by atoms with Crippen molar-refractivity contribution in [1.29, 1.82) is 0 Å². The van der Waals surface area contributed by atoms with Gasteiger partial charge in [0.2, 0.25) is 0 Å². The van der Waals surface area contributed by atoms with E-state index >= 15 is 0 Å². The second-order valence-corrected chi connectivity index (χ2v) is 4.34. The van der Waals surface area contributed by atoms with E-state index in [-0.39, 0.29) is 0 Å². The molecule has 0 amide bonds. The standard InChI is InChI=1S/C14H20N2/c1-4-8-16-9-7-12-5-6-13(10-14(12)16)11(2)15-3/h5-7,9-11,15H,4,8H2,1-3H3. The molecule has 2 aromatic rings. The molecule has 0 aliphatic rings. The Balaban J connectivity index is 2.45. The molecule has 16 heavy (non-hydrogen) atoms. The number of rotatable bonds is 4. The maximum atomic E-state index is 3.28. The lowest BCUT2D eigenvalue weighted by atomic mass is 10.1. The number of nitrogens with one attached hydrogen (secondary N) is 1. The molecule has 1 aromatic carbocycles. The maximum absolute atomic E-state index is 3.28. The van der Waals surface area contributed by atoms with Gasteiger partial charge in [-0.25, -0.2) is 0 Å². The molecule has 2 nitrogen and oxygen atoms in total. The smallest absolute Gasteiger partial charge is 0.0483 e. The van der Waals surface area contributed by atoms with E-state index in [4.69, 9.17) is 0 Å². The minimum Gasteiger partial charge on any atom is -0.347 e. The summed E-state index contributed by atoms with van der Waals surface area (Å²) in [7, 11) is 2.00. The van der Waals surface area contributed by atoms with Crippen LogP contribution in [0.1, 0.15) is 31.9 Å². The summed E-state index contributed by atoms with van der Waals surface area (Å²) in [6, 6.07) is 9.32. The van der Waals surface area contributed by atoms with E-state index in [2.05, 4.69) is 54.2 Å². The Kier molecular flexibility index (Phi) is 3.30. The monoisotopic (exact) mass is 216 g/mol. The van der Waals surface area contributed by atoms with Crippen molar-refractivity contribution in [3.05, 3.63) is 36.0 Å². The van der Waals surface area contributed by atoms with Crippen molar-refractivity contribution >= 4 is 10.9 Å². The van der Waals surface area contributed by atoms with Gasteiger partial charge in [0.1, 0.15) is 0 Å². The number of nitrogens with zero attached hydrogens (tertiary/aromatic N) is 1. The zero-order valence-corrected chi connectivity index (χ0v) is 10.3. The zero-order chi connectivity index (χ0) is 11.5. The van der Waals surface area contributed by atoms with Crippen LogP contribution in [0.3, 0.4) is 0 Å². The number of aromatic nitrogens is 1. The third-order valence-corrected chi connectivity index (χ3v) is 3.20. The van der Waals surface area contributed by atoms with Crippen LogP contribution in [-0.2, 0) is 6.54 Å². The Morgan fingerprint density at radius 2 is 2.12 bits per heavy atom. The molecule has 2 rings (SSSR count). The van der Waals surface area contributed by atoms with E-state index in [1.807, 2.05) is 7.05 Å². The summed E-state index contributed by atoms with van der Waals surface area (Å²) in [6.45, 7) is 5.50. The molecular weight excluding hydrogens is 196 g/mol. The number of benzene rings is 1. The lowest BCUT2D eigenvalue weighted by molar-refractivity contribution is 0.651. The summed E-state index contributed by atoms with van der Waals surface area (Å²) in [4.78, 5) is 0. The molecule has 0 spiro atoms. The van der Waals surface area contributed by atoms with Crippen LogP contribution in [0.15, 0.2) is 30.5 Å². The first-order valence-electron chi connectivity index (χ1n) is 6.02. The zero-order valence-electron chi connectivity index (χ0n) is 10.3. The van der Waals surface area contributed by atoms with Gasteiger partial charge in [-0.1, -0.05) is 19.1 Å². The predicted octanol–water partition coefficient (Wildman–Crippen LogP) is 3.33. The van der Waals surface area contributed by atoms with Crippen LogP contribution in [0.5, 0.6) is 0 Å². The molecule has 1 N–H and O–H groups in total. The van der Waals surface area contributed by atoms with E-state index in [1.54, 1.807) is 0 Å². The largest absolute Gasteiger partial charge is 0.347 e. The Labute approximate surface area is 97.3 Å². The van der Waals surface area contributed by atoms with Crippen LogP contribution in [0, 0.1) is 0 Å². The molecule has 1 aromatic heterocycles. The Morgan fingerprint density at radius 1 is 1.31 bits per heavy atom. The van der Waals surface area contributed by atoms with E-state index < -0.39 is 0 Å². The van der Waals surface area contributed by atoms with Crippen molar-refractivity contribution in [2.45, 2.75) is 32.9 Å². The normalized spacial score (nSPS) is 13.2. The van der Waals surface area contributed by atoms with Gasteiger partial charge >= 0.3 is 0 Å². The van der Waals surface area contributed by atoms with Crippen LogP contribution in [0.25, 0.3) is 10.9 Å². The number of aryl methyl sites for hydroxylation is 1. The SMILES string of the molecule is CCCn1ccc2ccc(C(C)NC)cc21. The lowest BCUT2D eigenvalue weighted by Crippen LogP contribution is -2.12. The van der Waals surface area contributed by atoms with Gasteiger partial charge in [0, 0.05) is 24.3 Å². The predicted molar refractivity (Wildman–Crippen MR) is 69.7 cm³/mol. The number of hydrogen-bond donors (Lipinski definition) is 1. The molecule has 1 unspecified atom stereocenters. The van der Waals surface area contributed by atoms with E-state index in [9.17, 15) is 0 Å². The first-order valence-corrected chi connectivity index (χ1v) is 6.02. The van der Waals surface area contributed by atoms with Crippen molar-refractivity contribution in [3.63, 3.8) is 0 Å². The van der Waals surface area contributed by atoms with Crippen LogP contribution in [0.2, 0.25) is 0 Å². The summed E-state index contributed by atoms with van der Waals surface area (Å²) in [5, 5.41) is 4.61. The van der Waals surface area contributed by atoms with E-state index in [1.165, 1.54) is 22.9 Å². The first-order chi connectivity index (χ1) is 7.76. The van der Waals surface area contributed by atoms with Gasteiger partial charge in [-0.3, -0.25) is 0 Å². The molecule has 0 saturated heterocycles. The first kappa shape index (κ1) is 11.2. The highest BCUT2D eigenvalue weighted by Gasteiger charge is 2.05. The molecule has 0 radical (unpaired) electrons. The molecule has 1 atom stereocenters. The lowest BCUT2D eigenvalue weighted by Gasteiger charge is -2.11. The Hall–Kier alpha value is -1.28. The van der Waals surface area contributed by atoms with Gasteiger partial charge in [0.25, 0.3) is 0 Å². The fourth-order valence-electron chi connectivity index (χ4n) is 2.07. The second kappa shape index (κ2) is 4.71. The number of hydrogen-bond acceptors (Lipinski definition) is 1. The Morgan fingerprint density at radius 3 is 2.81 bits per heavy atom. The molecular formula is C14H20N2. The van der Waals surface area contributed by atoms with Crippen LogP contribution < -0.4 is 5.32 Å². The van der Waals surface area contributed by atoms with Crippen molar-refractivity contribution in [2.75, 3.05) is 7.05 Å². The van der Waals surface area contributed by atoms with Crippen molar-refractivity contribution < 1.29 is 0 Å². The third-order valence-electron chi connectivity index (χ3n) is 3.20. The molecule has 1 heterocycles. The summed E-state index contributed by atoms with van der Waals surface area (Å²) < 4.78 is 2.33. The highest BCUT2D eigenvalue weighted by atomic mass is 14.9. The average Bonchev–Trinajstić information content (AvgIpc) is 2.71. The fourth-order valence-corrected chi connectivity index (χ4v) is 2.07. The molecule has 0 aliphatic carbocycles. The fraction of sp³-hybridized carbons (Fsp3) is 0.429. The van der Waals surface area contributed by atoms with Gasteiger partial charge in [-0.15, -0.1) is 0 Å². The molecule has 0 bridgehead atoms. The van der Waals surface area contributed by atoms with Gasteiger partial charge in [0.05, 0.1) is 0 Å². The summed E-state index contributed by atoms with van der Waals surface area (Å²) in [5.74, 6) is 0. The molecule has 2 heteroatoms. The third kappa shape index (κ3) is 1.98. The molecule has 0 fully saturated rings. The van der Waals surface area contributed by atoms with Crippen molar-refractivity contribution in [3.8, 4) is 0 Å². The van der Waals surface area contributed by atoms with Gasteiger partial charge in [0.15, 0.2) is 0 Å². The topological polar surface area (TPSA) is 17.0 Å². The van der Waals surface area contributed by atoms with Crippen molar-refractivity contribution in [2.24, 2.45) is 0 Å². The van der Waals surface area contributed by atoms with Crippen LogP contribution in [0.4, 0.5) is 0 Å². The van der Waals surface area contributed by atoms with Gasteiger partial charge in [-0.2, -0.15) is 0 Å². The highest BCUT2D eigenvalue weighted by molar-refractivity contribution is 5.80. The van der Waals surface area contributed by atoms with Crippen molar-refractivity contribution in [1.82, 2.24) is 9.88 Å². The van der Waals surface area contributed by atoms with E-state index in [0.717, 1.165) is 6.54 Å². The number of fused-ring (bicyclic) bond motifs is 1. The molecule has 0 aliphatic heterocycles. The summed E-state index contributed by atoms with van der Waals surface area (Å²) >= 11 is 0. The minimum atomic E-state index is 0.411. The average molecular weight is 216 g/mol. The van der Waals surface area contributed by atoms with Gasteiger partial charge < -0.3 is 9.88 Å². The maximum Gasteiger partial charge on any atom is 0.0483 e. The minimum absolute atomic E-state index is 0.411. The van der Waals surface area contributed by atoms with Crippen LogP contribution in [-0.4, -0.2) is 11.6 Å². The quantitative estimate of drug-likeness (QED) is 0.829.